The molecule has 2 unspecified atom stereocenters. The van der Waals surface area contributed by atoms with Gasteiger partial charge in [0, 0.05) is 40.7 Å². The van der Waals surface area contributed by atoms with Crippen LogP contribution in [0.5, 0.6) is 0 Å². The van der Waals surface area contributed by atoms with Crippen LogP contribution in [0.15, 0.2) is 54.7 Å². The minimum absolute atomic E-state index is 0.0850. The fraction of sp³-hybridized carbons (Fsp3) is 0.344. The molecule has 3 heterocycles. The number of carbonyl (C=O) groups is 1. The maximum Gasteiger partial charge on any atom is 0.254 e. The number of hydrogen-bond donors (Lipinski definition) is 2. The third-order valence-electron chi connectivity index (χ3n) is 8.23. The molecular formula is C32H31F2N5O2. The summed E-state index contributed by atoms with van der Waals surface area (Å²) in [6.07, 6.45) is 4.98. The number of rotatable bonds is 5. The molecule has 7 nitrogen and oxygen atoms in total. The summed E-state index contributed by atoms with van der Waals surface area (Å²) in [4.78, 5) is 15.7. The maximum absolute atomic E-state index is 15.8. The lowest BCUT2D eigenvalue weighted by Gasteiger charge is -2.38. The first kappa shape index (κ1) is 27.1. The molecule has 3 N–H and O–H groups in total. The summed E-state index contributed by atoms with van der Waals surface area (Å²) in [6.45, 7) is 3.49. The van der Waals surface area contributed by atoms with Crippen LogP contribution in [0.25, 0.3) is 33.2 Å². The van der Waals surface area contributed by atoms with Crippen molar-refractivity contribution in [2.24, 2.45) is 5.73 Å². The molecule has 2 atom stereocenters. The van der Waals surface area contributed by atoms with Gasteiger partial charge in [-0.3, -0.25) is 9.48 Å². The first-order valence-corrected chi connectivity index (χ1v) is 13.8. The number of carbonyl (C=O) groups excluding carboxylic acids is 1. The number of halogens is 2. The van der Waals surface area contributed by atoms with E-state index in [1.54, 1.807) is 55.1 Å². The van der Waals surface area contributed by atoms with Gasteiger partial charge in [0.05, 0.1) is 29.4 Å². The molecule has 41 heavy (non-hydrogen) atoms. The molecule has 2 aliphatic heterocycles. The zero-order chi connectivity index (χ0) is 29.1. The second-order valence-electron chi connectivity index (χ2n) is 11.9. The first-order chi connectivity index (χ1) is 19.5. The minimum atomic E-state index is -1.04. The van der Waals surface area contributed by atoms with E-state index < -0.39 is 17.2 Å². The molecule has 1 amide bonds. The molecule has 2 saturated heterocycles. The lowest BCUT2D eigenvalue weighted by Crippen LogP contribution is -2.50. The van der Waals surface area contributed by atoms with E-state index in [0.717, 1.165) is 25.7 Å². The van der Waals surface area contributed by atoms with Crippen LogP contribution >= 0.6 is 0 Å². The minimum Gasteiger partial charge on any atom is -0.389 e. The van der Waals surface area contributed by atoms with Crippen molar-refractivity contribution >= 4 is 16.8 Å². The highest BCUT2D eigenvalue weighted by atomic mass is 19.1. The normalized spacial score (nSPS) is 20.4. The van der Waals surface area contributed by atoms with Crippen molar-refractivity contribution in [3.63, 3.8) is 0 Å². The smallest absolute Gasteiger partial charge is 0.254 e. The molecule has 1 aromatic heterocycles. The molecule has 210 valence electrons. The molecule has 2 bridgehead atoms. The number of nitriles is 1. The van der Waals surface area contributed by atoms with E-state index in [1.165, 1.54) is 18.2 Å². The number of nitrogens with zero attached hydrogens (tertiary/aromatic N) is 4. The highest BCUT2D eigenvalue weighted by Gasteiger charge is 2.42. The monoisotopic (exact) mass is 555 g/mol. The Bertz CT molecular complexity index is 1700. The van der Waals surface area contributed by atoms with Gasteiger partial charge in [0.2, 0.25) is 0 Å². The Morgan fingerprint density at radius 3 is 2.44 bits per heavy atom. The van der Waals surface area contributed by atoms with Crippen molar-refractivity contribution in [3.05, 3.63) is 77.5 Å². The van der Waals surface area contributed by atoms with Gasteiger partial charge in [-0.2, -0.15) is 10.4 Å². The van der Waals surface area contributed by atoms with E-state index in [9.17, 15) is 19.6 Å². The standard InChI is InChI=1S/C32H31F2N5O2/c1-32(2,41)17-38-30-14-29(34)27(10-21(30)16-37-38)25-8-5-19(9-26(25)18-3-4-20(15-35)28(33)11-18)31(40)39-23-6-7-24(39)13-22(36)12-23/h3-5,8-11,14,16,22-24,41H,6-7,12-13,17,36H2,1-2H3. The van der Waals surface area contributed by atoms with Gasteiger partial charge >= 0.3 is 0 Å². The Morgan fingerprint density at radius 2 is 1.78 bits per heavy atom. The Kier molecular flexibility index (Phi) is 6.63. The van der Waals surface area contributed by atoms with Gasteiger partial charge in [-0.15, -0.1) is 0 Å². The topological polar surface area (TPSA) is 108 Å². The van der Waals surface area contributed by atoms with Crippen LogP contribution in [0, 0.1) is 23.0 Å². The van der Waals surface area contributed by atoms with Crippen molar-refractivity contribution < 1.29 is 18.7 Å². The van der Waals surface area contributed by atoms with Crippen molar-refractivity contribution in [1.82, 2.24) is 14.7 Å². The predicted molar refractivity (Wildman–Crippen MR) is 152 cm³/mol. The molecule has 4 aromatic rings. The molecule has 2 fully saturated rings. The molecule has 0 radical (unpaired) electrons. The van der Waals surface area contributed by atoms with Crippen LogP contribution in [0.1, 0.15) is 55.5 Å². The van der Waals surface area contributed by atoms with Crippen molar-refractivity contribution in [2.45, 2.75) is 69.8 Å². The lowest BCUT2D eigenvalue weighted by molar-refractivity contribution is 0.0572. The SMILES string of the molecule is CC(C)(O)Cn1ncc2cc(-c3ccc(C(=O)N4C5CCC4CC(N)C5)cc3-c3ccc(C#N)c(F)c3)c(F)cc21. The summed E-state index contributed by atoms with van der Waals surface area (Å²) in [7, 11) is 0. The molecule has 0 saturated carbocycles. The molecule has 2 aliphatic rings. The Morgan fingerprint density at radius 1 is 1.05 bits per heavy atom. The third kappa shape index (κ3) is 4.98. The quantitative estimate of drug-likeness (QED) is 0.344. The molecule has 6 rings (SSSR count). The van der Waals surface area contributed by atoms with Crippen LogP contribution in [-0.2, 0) is 6.54 Å². The summed E-state index contributed by atoms with van der Waals surface area (Å²) in [5.41, 5.74) is 7.68. The van der Waals surface area contributed by atoms with E-state index in [1.807, 2.05) is 11.0 Å². The zero-order valence-electron chi connectivity index (χ0n) is 22.9. The van der Waals surface area contributed by atoms with Crippen molar-refractivity contribution in [3.8, 4) is 28.3 Å². The van der Waals surface area contributed by atoms with Gasteiger partial charge in [0.15, 0.2) is 0 Å². The fourth-order valence-electron chi connectivity index (χ4n) is 6.42. The molecule has 0 spiro atoms. The van der Waals surface area contributed by atoms with Crippen molar-refractivity contribution in [1.29, 1.82) is 5.26 Å². The largest absolute Gasteiger partial charge is 0.389 e. The second-order valence-corrected chi connectivity index (χ2v) is 11.9. The highest BCUT2D eigenvalue weighted by Crippen LogP contribution is 2.40. The third-order valence-corrected chi connectivity index (χ3v) is 8.23. The summed E-state index contributed by atoms with van der Waals surface area (Å²) in [6, 6.07) is 14.4. The van der Waals surface area contributed by atoms with E-state index in [2.05, 4.69) is 5.10 Å². The highest BCUT2D eigenvalue weighted by molar-refractivity contribution is 5.99. The molecular weight excluding hydrogens is 524 g/mol. The second kappa shape index (κ2) is 10.1. The summed E-state index contributed by atoms with van der Waals surface area (Å²) in [5.74, 6) is -1.33. The van der Waals surface area contributed by atoms with Crippen LogP contribution < -0.4 is 5.73 Å². The average molecular weight is 556 g/mol. The Hall–Kier alpha value is -4.13. The Balaban J connectivity index is 1.47. The first-order valence-electron chi connectivity index (χ1n) is 13.8. The van der Waals surface area contributed by atoms with E-state index in [-0.39, 0.29) is 41.7 Å². The molecule has 3 aromatic carbocycles. The molecule has 9 heteroatoms. The van der Waals surface area contributed by atoms with E-state index >= 15 is 4.39 Å². The lowest BCUT2D eigenvalue weighted by atomic mass is 9.90. The number of aliphatic hydroxyl groups is 1. The predicted octanol–water partition coefficient (Wildman–Crippen LogP) is 5.39. The van der Waals surface area contributed by atoms with Gasteiger partial charge in [-0.1, -0.05) is 12.1 Å². The number of fused-ring (bicyclic) bond motifs is 3. The van der Waals surface area contributed by atoms with Gasteiger partial charge in [0.25, 0.3) is 5.91 Å². The Labute approximate surface area is 236 Å². The summed E-state index contributed by atoms with van der Waals surface area (Å²) in [5, 5.41) is 24.5. The van der Waals surface area contributed by atoms with E-state index in [0.29, 0.717) is 33.2 Å². The van der Waals surface area contributed by atoms with Gasteiger partial charge in [0.1, 0.15) is 17.7 Å². The maximum atomic E-state index is 15.8. The van der Waals surface area contributed by atoms with Crippen molar-refractivity contribution in [2.75, 3.05) is 0 Å². The zero-order valence-corrected chi connectivity index (χ0v) is 22.9. The number of amides is 1. The number of nitrogens with two attached hydrogens (primary N) is 1. The van der Waals surface area contributed by atoms with Crippen LogP contribution in [0.2, 0.25) is 0 Å². The summed E-state index contributed by atoms with van der Waals surface area (Å²) < 4.78 is 32.1. The molecule has 0 aliphatic carbocycles. The van der Waals surface area contributed by atoms with Gasteiger partial charge < -0.3 is 15.7 Å². The van der Waals surface area contributed by atoms with Gasteiger partial charge in [-0.05, 0) is 86.6 Å². The summed E-state index contributed by atoms with van der Waals surface area (Å²) >= 11 is 0. The van der Waals surface area contributed by atoms with Crippen LogP contribution in [0.3, 0.4) is 0 Å². The van der Waals surface area contributed by atoms with Gasteiger partial charge in [-0.25, -0.2) is 8.78 Å². The fourth-order valence-corrected chi connectivity index (χ4v) is 6.42. The van der Waals surface area contributed by atoms with E-state index in [4.69, 9.17) is 5.73 Å². The number of benzene rings is 3. The average Bonchev–Trinajstić information content (AvgIpc) is 3.43. The van der Waals surface area contributed by atoms with Crippen LogP contribution in [-0.4, -0.2) is 49.4 Å². The number of hydrogen-bond acceptors (Lipinski definition) is 5. The van der Waals surface area contributed by atoms with Crippen LogP contribution in [0.4, 0.5) is 8.78 Å². The number of aromatic nitrogens is 2. The number of piperidine rings is 1.